The van der Waals surface area contributed by atoms with Crippen molar-refractivity contribution in [3.05, 3.63) is 57.5 Å². The van der Waals surface area contributed by atoms with Crippen LogP contribution in [-0.4, -0.2) is 21.1 Å². The summed E-state index contributed by atoms with van der Waals surface area (Å²) in [7, 11) is 0. The molecule has 0 unspecified atom stereocenters. The van der Waals surface area contributed by atoms with Gasteiger partial charge < -0.3 is 8.94 Å². The van der Waals surface area contributed by atoms with Gasteiger partial charge in [-0.25, -0.2) is 4.79 Å². The summed E-state index contributed by atoms with van der Waals surface area (Å²) in [6.45, 7) is 9.25. The Balaban J connectivity index is 1.86. The molecule has 2 heterocycles. The Morgan fingerprint density at radius 1 is 1.17 bits per heavy atom. The van der Waals surface area contributed by atoms with Crippen LogP contribution in [0, 0.1) is 13.8 Å². The molecule has 126 valence electrons. The normalized spacial score (nSPS) is 11.8. The Morgan fingerprint density at radius 3 is 2.62 bits per heavy atom. The van der Waals surface area contributed by atoms with E-state index in [1.54, 1.807) is 6.92 Å². The first-order chi connectivity index (χ1) is 11.4. The quantitative estimate of drug-likeness (QED) is 0.670. The summed E-state index contributed by atoms with van der Waals surface area (Å²) in [5, 5.41) is 4.93. The highest BCUT2D eigenvalue weighted by atomic mass is 16.5. The fraction of sp³-hybridized carbons (Fsp3) is 0.389. The summed E-state index contributed by atoms with van der Waals surface area (Å²) >= 11 is 0. The zero-order chi connectivity index (χ0) is 17.3. The molecule has 0 aliphatic heterocycles. The summed E-state index contributed by atoms with van der Waals surface area (Å²) in [6.07, 6.45) is 0. The summed E-state index contributed by atoms with van der Waals surface area (Å²) < 4.78 is 10.4. The molecule has 3 aromatic rings. The largest absolute Gasteiger partial charge is 0.423 e. The van der Waals surface area contributed by atoms with E-state index in [0.717, 1.165) is 16.5 Å². The lowest BCUT2D eigenvalue weighted by Crippen LogP contribution is -2.30. The molecular weight excluding hydrogens is 306 g/mol. The summed E-state index contributed by atoms with van der Waals surface area (Å²) in [4.78, 5) is 18.1. The highest BCUT2D eigenvalue weighted by Gasteiger charge is 2.15. The lowest BCUT2D eigenvalue weighted by Gasteiger charge is -2.25. The molecule has 24 heavy (non-hydrogen) atoms. The first-order valence-corrected chi connectivity index (χ1v) is 7.99. The average Bonchev–Trinajstić information content (AvgIpc) is 2.91. The van der Waals surface area contributed by atoms with Gasteiger partial charge in [-0.15, -0.1) is 0 Å². The van der Waals surface area contributed by atoms with Crippen LogP contribution in [0.1, 0.15) is 36.7 Å². The summed E-state index contributed by atoms with van der Waals surface area (Å²) in [5.74, 6) is 1.24. The zero-order valence-electron chi connectivity index (χ0n) is 14.4. The Labute approximate surface area is 140 Å². The van der Waals surface area contributed by atoms with Crippen molar-refractivity contribution in [2.75, 3.05) is 0 Å². The Kier molecular flexibility index (Phi) is 4.49. The van der Waals surface area contributed by atoms with E-state index >= 15 is 0 Å². The van der Waals surface area contributed by atoms with Crippen LogP contribution in [0.4, 0.5) is 0 Å². The van der Waals surface area contributed by atoms with Crippen molar-refractivity contribution in [3.63, 3.8) is 0 Å². The number of nitrogens with zero attached hydrogens (tertiary/aromatic N) is 3. The lowest BCUT2D eigenvalue weighted by molar-refractivity contribution is 0.196. The van der Waals surface area contributed by atoms with E-state index in [1.165, 1.54) is 6.07 Å². The topological polar surface area (TPSA) is 72.4 Å². The van der Waals surface area contributed by atoms with Crippen molar-refractivity contribution in [1.82, 2.24) is 15.0 Å². The van der Waals surface area contributed by atoms with E-state index in [4.69, 9.17) is 8.94 Å². The smallest absolute Gasteiger partial charge is 0.336 e. The fourth-order valence-electron chi connectivity index (χ4n) is 2.71. The van der Waals surface area contributed by atoms with Gasteiger partial charge in [0, 0.05) is 31.0 Å². The molecule has 0 amide bonds. The van der Waals surface area contributed by atoms with E-state index in [2.05, 4.69) is 35.0 Å². The van der Waals surface area contributed by atoms with Crippen molar-refractivity contribution >= 4 is 11.0 Å². The molecular formula is C18H21N3O3. The molecule has 0 spiro atoms. The van der Waals surface area contributed by atoms with Crippen molar-refractivity contribution in [1.29, 1.82) is 0 Å². The van der Waals surface area contributed by atoms with Crippen molar-refractivity contribution in [3.8, 4) is 0 Å². The molecule has 0 atom stereocenters. The van der Waals surface area contributed by atoms with Gasteiger partial charge >= 0.3 is 5.63 Å². The van der Waals surface area contributed by atoms with Gasteiger partial charge in [-0.2, -0.15) is 4.98 Å². The first-order valence-electron chi connectivity index (χ1n) is 7.99. The third kappa shape index (κ3) is 3.54. The third-order valence-electron chi connectivity index (χ3n) is 4.05. The van der Waals surface area contributed by atoms with Gasteiger partial charge in [0.1, 0.15) is 5.58 Å². The highest BCUT2D eigenvalue weighted by Crippen LogP contribution is 2.20. The van der Waals surface area contributed by atoms with E-state index in [0.29, 0.717) is 36.4 Å². The second kappa shape index (κ2) is 6.57. The fourth-order valence-corrected chi connectivity index (χ4v) is 2.71. The predicted molar refractivity (Wildman–Crippen MR) is 90.6 cm³/mol. The van der Waals surface area contributed by atoms with Gasteiger partial charge in [0.05, 0.1) is 6.54 Å². The second-order valence-electron chi connectivity index (χ2n) is 6.31. The van der Waals surface area contributed by atoms with Crippen LogP contribution in [0.3, 0.4) is 0 Å². The van der Waals surface area contributed by atoms with Gasteiger partial charge in [0.25, 0.3) is 0 Å². The minimum Gasteiger partial charge on any atom is -0.423 e. The lowest BCUT2D eigenvalue weighted by atomic mass is 10.1. The van der Waals surface area contributed by atoms with E-state index in [-0.39, 0.29) is 5.63 Å². The standard InChI is InChI=1S/C18H21N3O3/c1-11(2)21(10-17-19-13(4)24-20-17)9-14-5-6-15-12(3)7-18(22)23-16(15)8-14/h5-8,11H,9-10H2,1-4H3. The average molecular weight is 327 g/mol. The Morgan fingerprint density at radius 2 is 1.96 bits per heavy atom. The molecule has 0 fully saturated rings. The number of aromatic nitrogens is 2. The monoisotopic (exact) mass is 327 g/mol. The third-order valence-corrected chi connectivity index (χ3v) is 4.05. The van der Waals surface area contributed by atoms with Crippen LogP contribution >= 0.6 is 0 Å². The number of hydrogen-bond donors (Lipinski definition) is 0. The molecule has 0 saturated carbocycles. The minimum atomic E-state index is -0.319. The summed E-state index contributed by atoms with van der Waals surface area (Å²) in [5.41, 5.74) is 2.30. The molecule has 0 radical (unpaired) electrons. The highest BCUT2D eigenvalue weighted by molar-refractivity contribution is 5.80. The van der Waals surface area contributed by atoms with Crippen LogP contribution in [0.2, 0.25) is 0 Å². The number of fused-ring (bicyclic) bond motifs is 1. The SMILES string of the molecule is Cc1nc(CN(Cc2ccc3c(C)cc(=O)oc3c2)C(C)C)no1. The molecule has 6 heteroatoms. The molecule has 1 aromatic carbocycles. The van der Waals surface area contributed by atoms with Crippen LogP contribution < -0.4 is 5.63 Å². The maximum Gasteiger partial charge on any atom is 0.336 e. The molecule has 0 N–H and O–H groups in total. The molecule has 2 aromatic heterocycles. The van der Waals surface area contributed by atoms with Crippen LogP contribution in [0.5, 0.6) is 0 Å². The maximum absolute atomic E-state index is 11.6. The van der Waals surface area contributed by atoms with Gasteiger partial charge in [-0.3, -0.25) is 4.90 Å². The number of aryl methyl sites for hydroxylation is 2. The Bertz CT molecular complexity index is 911. The predicted octanol–water partition coefficient (Wildman–Crippen LogP) is 3.20. The van der Waals surface area contributed by atoms with Crippen molar-refractivity contribution in [2.24, 2.45) is 0 Å². The minimum absolute atomic E-state index is 0.309. The molecule has 0 aliphatic carbocycles. The van der Waals surface area contributed by atoms with Gasteiger partial charge in [-0.05, 0) is 38.0 Å². The number of benzene rings is 1. The second-order valence-corrected chi connectivity index (χ2v) is 6.31. The van der Waals surface area contributed by atoms with Crippen LogP contribution in [-0.2, 0) is 13.1 Å². The van der Waals surface area contributed by atoms with Crippen molar-refractivity contribution in [2.45, 2.75) is 46.8 Å². The van der Waals surface area contributed by atoms with Gasteiger partial charge in [-0.1, -0.05) is 17.3 Å². The maximum atomic E-state index is 11.6. The molecule has 3 rings (SSSR count). The van der Waals surface area contributed by atoms with E-state index < -0.39 is 0 Å². The molecule has 0 bridgehead atoms. The Hall–Kier alpha value is -2.47. The molecule has 0 saturated heterocycles. The van der Waals surface area contributed by atoms with E-state index in [1.807, 2.05) is 19.1 Å². The van der Waals surface area contributed by atoms with Crippen LogP contribution in [0.25, 0.3) is 11.0 Å². The van der Waals surface area contributed by atoms with Crippen LogP contribution in [0.15, 0.2) is 38.0 Å². The number of hydrogen-bond acceptors (Lipinski definition) is 6. The zero-order valence-corrected chi connectivity index (χ0v) is 14.4. The summed E-state index contributed by atoms with van der Waals surface area (Å²) in [6, 6.07) is 7.82. The van der Waals surface area contributed by atoms with Gasteiger partial charge in [0.2, 0.25) is 5.89 Å². The molecule has 0 aliphatic rings. The number of rotatable bonds is 5. The first kappa shape index (κ1) is 16.4. The molecule has 6 nitrogen and oxygen atoms in total. The van der Waals surface area contributed by atoms with Crippen molar-refractivity contribution < 1.29 is 8.94 Å². The van der Waals surface area contributed by atoms with Gasteiger partial charge in [0.15, 0.2) is 5.82 Å². The van der Waals surface area contributed by atoms with E-state index in [9.17, 15) is 4.79 Å².